The maximum atomic E-state index is 11.0. The number of nitrogens with zero attached hydrogens (tertiary/aromatic N) is 2. The third kappa shape index (κ3) is 6.74. The number of hydrogen-bond donors (Lipinski definition) is 1. The van der Waals surface area contributed by atoms with Gasteiger partial charge in [-0.2, -0.15) is 0 Å². The first-order valence-corrected chi connectivity index (χ1v) is 6.20. The van der Waals surface area contributed by atoms with Crippen LogP contribution in [-0.4, -0.2) is 44.6 Å². The number of ether oxygens (including phenoxy) is 1. The number of guanidine groups is 1. The molecule has 0 aliphatic heterocycles. The van der Waals surface area contributed by atoms with Crippen LogP contribution in [0.4, 0.5) is 0 Å². The molecule has 0 saturated heterocycles. The predicted octanol–water partition coefficient (Wildman–Crippen LogP) is 1.87. The fraction of sp³-hybridized carbons (Fsp3) is 0.429. The predicted molar refractivity (Wildman–Crippen MR) is 91.3 cm³/mol. The quantitative estimate of drug-likeness (QED) is 0.361. The molecule has 0 atom stereocenters. The number of halogens is 1. The molecule has 112 valence electrons. The van der Waals surface area contributed by atoms with Gasteiger partial charge >= 0.3 is 5.97 Å². The lowest BCUT2D eigenvalue weighted by Crippen LogP contribution is -2.39. The largest absolute Gasteiger partial charge is 0.469 e. The zero-order chi connectivity index (χ0) is 14.1. The van der Waals surface area contributed by atoms with Gasteiger partial charge in [0.1, 0.15) is 0 Å². The molecule has 5 nitrogen and oxygen atoms in total. The van der Waals surface area contributed by atoms with Gasteiger partial charge in [-0.05, 0) is 5.56 Å². The van der Waals surface area contributed by atoms with Crippen molar-refractivity contribution in [2.75, 3.05) is 27.7 Å². The molecule has 20 heavy (non-hydrogen) atoms. The molecule has 0 heterocycles. The molecule has 6 heteroatoms. The molecular formula is C14H22IN3O2. The van der Waals surface area contributed by atoms with Crippen LogP contribution in [0.1, 0.15) is 12.0 Å². The summed E-state index contributed by atoms with van der Waals surface area (Å²) in [6.45, 7) is 1.28. The summed E-state index contributed by atoms with van der Waals surface area (Å²) < 4.78 is 4.59. The van der Waals surface area contributed by atoms with E-state index < -0.39 is 0 Å². The van der Waals surface area contributed by atoms with Gasteiger partial charge in [0, 0.05) is 27.2 Å². The molecule has 0 spiro atoms. The van der Waals surface area contributed by atoms with Gasteiger partial charge in [0.25, 0.3) is 0 Å². The summed E-state index contributed by atoms with van der Waals surface area (Å²) in [4.78, 5) is 17.2. The molecule has 0 aromatic heterocycles. The smallest absolute Gasteiger partial charge is 0.307 e. The number of benzene rings is 1. The Morgan fingerprint density at radius 2 is 2.00 bits per heavy atom. The van der Waals surface area contributed by atoms with Crippen LogP contribution >= 0.6 is 24.0 Å². The summed E-state index contributed by atoms with van der Waals surface area (Å²) in [6.07, 6.45) is 0.328. The molecule has 1 aromatic rings. The van der Waals surface area contributed by atoms with E-state index in [0.29, 0.717) is 13.0 Å². The number of methoxy groups -OCH3 is 1. The number of hydrogen-bond acceptors (Lipinski definition) is 3. The number of carbonyl (C=O) groups is 1. The minimum atomic E-state index is -0.228. The van der Waals surface area contributed by atoms with Gasteiger partial charge in [-0.3, -0.25) is 9.79 Å². The number of nitrogens with one attached hydrogen (secondary N) is 1. The van der Waals surface area contributed by atoms with E-state index in [4.69, 9.17) is 0 Å². The van der Waals surface area contributed by atoms with Crippen LogP contribution in [0.2, 0.25) is 0 Å². The lowest BCUT2D eigenvalue weighted by Gasteiger charge is -2.22. The lowest BCUT2D eigenvalue weighted by atomic mass is 10.2. The highest BCUT2D eigenvalue weighted by Crippen LogP contribution is 2.02. The number of esters is 1. The van der Waals surface area contributed by atoms with Gasteiger partial charge in [-0.25, -0.2) is 0 Å². The van der Waals surface area contributed by atoms with Crippen molar-refractivity contribution in [3.63, 3.8) is 0 Å². The Hall–Kier alpha value is -1.31. The Morgan fingerprint density at radius 3 is 2.55 bits per heavy atom. The molecule has 0 radical (unpaired) electrons. The highest BCUT2D eigenvalue weighted by molar-refractivity contribution is 14.0. The molecule has 0 unspecified atom stereocenters. The zero-order valence-electron chi connectivity index (χ0n) is 12.1. The van der Waals surface area contributed by atoms with Crippen molar-refractivity contribution in [1.82, 2.24) is 10.2 Å². The van der Waals surface area contributed by atoms with E-state index in [9.17, 15) is 4.79 Å². The van der Waals surface area contributed by atoms with Crippen LogP contribution < -0.4 is 5.32 Å². The Morgan fingerprint density at radius 1 is 1.35 bits per heavy atom. The molecule has 1 aromatic carbocycles. The number of aliphatic imine (C=N–C) groups is 1. The van der Waals surface area contributed by atoms with Crippen LogP contribution in [0.15, 0.2) is 35.3 Å². The summed E-state index contributed by atoms with van der Waals surface area (Å²) >= 11 is 0. The van der Waals surface area contributed by atoms with Crippen molar-refractivity contribution in [2.45, 2.75) is 13.0 Å². The van der Waals surface area contributed by atoms with Gasteiger partial charge in [-0.15, -0.1) is 24.0 Å². The van der Waals surface area contributed by atoms with E-state index in [1.165, 1.54) is 12.7 Å². The van der Waals surface area contributed by atoms with Gasteiger partial charge in [0.2, 0.25) is 0 Å². The lowest BCUT2D eigenvalue weighted by molar-refractivity contribution is -0.140. The molecule has 0 amide bonds. The fourth-order valence-corrected chi connectivity index (χ4v) is 1.70. The Kier molecular flexibility index (Phi) is 9.79. The van der Waals surface area contributed by atoms with Crippen molar-refractivity contribution >= 4 is 35.9 Å². The topological polar surface area (TPSA) is 53.9 Å². The second kappa shape index (κ2) is 10.5. The summed E-state index contributed by atoms with van der Waals surface area (Å²) in [5.41, 5.74) is 1.21. The Labute approximate surface area is 137 Å². The zero-order valence-corrected chi connectivity index (χ0v) is 14.5. The minimum absolute atomic E-state index is 0. The normalized spacial score (nSPS) is 10.4. The van der Waals surface area contributed by atoms with Crippen LogP contribution in [0.3, 0.4) is 0 Å². The highest BCUT2D eigenvalue weighted by atomic mass is 127. The van der Waals surface area contributed by atoms with Crippen molar-refractivity contribution in [1.29, 1.82) is 0 Å². The molecule has 0 fully saturated rings. The van der Waals surface area contributed by atoms with Crippen LogP contribution in [0.25, 0.3) is 0 Å². The van der Waals surface area contributed by atoms with Gasteiger partial charge in [0.05, 0.1) is 13.5 Å². The van der Waals surface area contributed by atoms with E-state index in [2.05, 4.69) is 27.2 Å². The third-order valence-corrected chi connectivity index (χ3v) is 2.68. The highest BCUT2D eigenvalue weighted by Gasteiger charge is 2.07. The molecule has 1 rings (SSSR count). The Bertz CT molecular complexity index is 424. The van der Waals surface area contributed by atoms with Crippen LogP contribution in [-0.2, 0) is 16.1 Å². The third-order valence-electron chi connectivity index (χ3n) is 2.68. The van der Waals surface area contributed by atoms with E-state index in [-0.39, 0.29) is 29.9 Å². The summed E-state index contributed by atoms with van der Waals surface area (Å²) in [7, 11) is 5.07. The number of carbonyl (C=O) groups excluding carboxylic acids is 1. The summed E-state index contributed by atoms with van der Waals surface area (Å²) in [6, 6.07) is 10.1. The molecule has 0 saturated carbocycles. The van der Waals surface area contributed by atoms with Gasteiger partial charge in [0.15, 0.2) is 5.96 Å². The first-order chi connectivity index (χ1) is 9.17. The second-order valence-electron chi connectivity index (χ2n) is 4.14. The minimum Gasteiger partial charge on any atom is -0.469 e. The van der Waals surface area contributed by atoms with Crippen molar-refractivity contribution < 1.29 is 9.53 Å². The van der Waals surface area contributed by atoms with Crippen molar-refractivity contribution in [3.8, 4) is 0 Å². The van der Waals surface area contributed by atoms with Crippen molar-refractivity contribution in [3.05, 3.63) is 35.9 Å². The fourth-order valence-electron chi connectivity index (χ4n) is 1.70. The summed E-state index contributed by atoms with van der Waals surface area (Å²) in [5.74, 6) is 0.529. The molecule has 0 aliphatic rings. The second-order valence-corrected chi connectivity index (χ2v) is 4.14. The standard InChI is InChI=1S/C14H21N3O2.HI/c1-15-14(16-10-9-13(18)19-3)17(2)11-12-7-5-4-6-8-12;/h4-8H,9-11H2,1-3H3,(H,15,16);1H. The molecule has 1 N–H and O–H groups in total. The first kappa shape index (κ1) is 18.7. The van der Waals surface area contributed by atoms with Gasteiger partial charge < -0.3 is 15.0 Å². The van der Waals surface area contributed by atoms with Crippen molar-refractivity contribution in [2.24, 2.45) is 4.99 Å². The maximum absolute atomic E-state index is 11.0. The molecule has 0 bridgehead atoms. The monoisotopic (exact) mass is 391 g/mol. The number of rotatable bonds is 5. The van der Waals surface area contributed by atoms with E-state index in [1.54, 1.807) is 7.05 Å². The average Bonchev–Trinajstić information content (AvgIpc) is 2.44. The van der Waals surface area contributed by atoms with Gasteiger partial charge in [-0.1, -0.05) is 30.3 Å². The first-order valence-electron chi connectivity index (χ1n) is 6.20. The van der Waals surface area contributed by atoms with E-state index in [0.717, 1.165) is 12.5 Å². The maximum Gasteiger partial charge on any atom is 0.307 e. The van der Waals surface area contributed by atoms with Crippen LogP contribution in [0.5, 0.6) is 0 Å². The van der Waals surface area contributed by atoms with Crippen LogP contribution in [0, 0.1) is 0 Å². The SMILES string of the molecule is CN=C(NCCC(=O)OC)N(C)Cc1ccccc1.I. The Balaban J connectivity index is 0.00000361. The molecular weight excluding hydrogens is 369 g/mol. The van der Waals surface area contributed by atoms with E-state index in [1.807, 2.05) is 30.1 Å². The summed E-state index contributed by atoms with van der Waals surface area (Å²) in [5, 5.41) is 3.13. The molecule has 0 aliphatic carbocycles. The van der Waals surface area contributed by atoms with E-state index >= 15 is 0 Å². The average molecular weight is 391 g/mol.